The van der Waals surface area contributed by atoms with Crippen molar-refractivity contribution in [2.24, 2.45) is 0 Å². The fourth-order valence-electron chi connectivity index (χ4n) is 0.810. The largest absolute Gasteiger partial charge is 0.478 e. The van der Waals surface area contributed by atoms with Crippen LogP contribution in [0, 0.1) is 5.95 Å². The molecule has 66 valence electrons. The van der Waals surface area contributed by atoms with Gasteiger partial charge in [-0.05, 0) is 19.1 Å². The molecule has 1 rings (SSSR count). The van der Waals surface area contributed by atoms with E-state index in [2.05, 4.69) is 4.98 Å². The standard InChI is InChI=1S/C8H9ClFNO/c1-2-12-8-6(5-9)3-4-7(10)11-8/h3-4H,2,5H2,1H3. The highest BCUT2D eigenvalue weighted by atomic mass is 35.5. The average molecular weight is 190 g/mol. The minimum atomic E-state index is -0.549. The lowest BCUT2D eigenvalue weighted by atomic mass is 10.3. The topological polar surface area (TPSA) is 22.1 Å². The molecule has 0 aliphatic heterocycles. The van der Waals surface area contributed by atoms with E-state index in [1.165, 1.54) is 6.07 Å². The van der Waals surface area contributed by atoms with E-state index in [0.29, 0.717) is 12.2 Å². The first-order valence-electron chi connectivity index (χ1n) is 3.62. The summed E-state index contributed by atoms with van der Waals surface area (Å²) >= 11 is 5.58. The minimum absolute atomic E-state index is 0.280. The van der Waals surface area contributed by atoms with Crippen molar-refractivity contribution in [3.05, 3.63) is 23.6 Å². The molecule has 4 heteroatoms. The number of halogens is 2. The monoisotopic (exact) mass is 189 g/mol. The van der Waals surface area contributed by atoms with Crippen molar-refractivity contribution >= 4 is 11.6 Å². The van der Waals surface area contributed by atoms with E-state index in [-0.39, 0.29) is 11.8 Å². The number of ether oxygens (including phenoxy) is 1. The van der Waals surface area contributed by atoms with E-state index in [4.69, 9.17) is 16.3 Å². The molecule has 0 atom stereocenters. The van der Waals surface area contributed by atoms with Gasteiger partial charge in [-0.15, -0.1) is 11.6 Å². The first-order valence-corrected chi connectivity index (χ1v) is 4.15. The van der Waals surface area contributed by atoms with Crippen LogP contribution in [0.2, 0.25) is 0 Å². The van der Waals surface area contributed by atoms with Gasteiger partial charge in [0, 0.05) is 5.56 Å². The van der Waals surface area contributed by atoms with Crippen molar-refractivity contribution < 1.29 is 9.13 Å². The fourth-order valence-corrected chi connectivity index (χ4v) is 1.01. The highest BCUT2D eigenvalue weighted by Crippen LogP contribution is 2.17. The predicted octanol–water partition coefficient (Wildman–Crippen LogP) is 2.36. The van der Waals surface area contributed by atoms with Crippen LogP contribution in [-0.2, 0) is 5.88 Å². The Morgan fingerprint density at radius 1 is 1.58 bits per heavy atom. The molecule has 0 fully saturated rings. The summed E-state index contributed by atoms with van der Waals surface area (Å²) in [5, 5.41) is 0. The van der Waals surface area contributed by atoms with Gasteiger partial charge in [0.1, 0.15) is 0 Å². The molecule has 1 aromatic heterocycles. The molecule has 0 aliphatic carbocycles. The average Bonchev–Trinajstić information content (AvgIpc) is 2.05. The van der Waals surface area contributed by atoms with E-state index in [9.17, 15) is 4.39 Å². The van der Waals surface area contributed by atoms with Gasteiger partial charge >= 0.3 is 0 Å². The van der Waals surface area contributed by atoms with Crippen molar-refractivity contribution in [2.45, 2.75) is 12.8 Å². The van der Waals surface area contributed by atoms with Crippen molar-refractivity contribution in [3.8, 4) is 5.88 Å². The highest BCUT2D eigenvalue weighted by Gasteiger charge is 2.04. The molecule has 0 radical (unpaired) electrons. The number of pyridine rings is 1. The Balaban J connectivity index is 2.95. The predicted molar refractivity (Wildman–Crippen MR) is 44.9 cm³/mol. The van der Waals surface area contributed by atoms with Crippen LogP contribution in [0.1, 0.15) is 12.5 Å². The zero-order valence-corrected chi connectivity index (χ0v) is 7.44. The Hall–Kier alpha value is -0.830. The number of hydrogen-bond acceptors (Lipinski definition) is 2. The van der Waals surface area contributed by atoms with E-state index in [1.807, 2.05) is 6.92 Å². The Kier molecular flexibility index (Phi) is 3.29. The molecule has 0 unspecified atom stereocenters. The van der Waals surface area contributed by atoms with Gasteiger partial charge in [-0.2, -0.15) is 9.37 Å². The smallest absolute Gasteiger partial charge is 0.220 e. The van der Waals surface area contributed by atoms with Gasteiger partial charge in [0.25, 0.3) is 0 Å². The molecule has 0 N–H and O–H groups in total. The maximum atomic E-state index is 12.6. The van der Waals surface area contributed by atoms with Crippen LogP contribution >= 0.6 is 11.6 Å². The van der Waals surface area contributed by atoms with Crippen LogP contribution in [-0.4, -0.2) is 11.6 Å². The third kappa shape index (κ3) is 2.08. The zero-order valence-electron chi connectivity index (χ0n) is 6.68. The summed E-state index contributed by atoms with van der Waals surface area (Å²) < 4.78 is 17.6. The lowest BCUT2D eigenvalue weighted by molar-refractivity contribution is 0.318. The molecule has 0 aromatic carbocycles. The molecule has 0 amide bonds. The Bertz CT molecular complexity index is 267. The first kappa shape index (κ1) is 9.26. The van der Waals surface area contributed by atoms with E-state index < -0.39 is 5.95 Å². The Morgan fingerprint density at radius 2 is 2.33 bits per heavy atom. The van der Waals surface area contributed by atoms with Crippen molar-refractivity contribution in [1.29, 1.82) is 0 Å². The van der Waals surface area contributed by atoms with Crippen LogP contribution < -0.4 is 4.74 Å². The molecular formula is C8H9ClFNO. The van der Waals surface area contributed by atoms with Gasteiger partial charge in [0.15, 0.2) is 0 Å². The quantitative estimate of drug-likeness (QED) is 0.538. The lowest BCUT2D eigenvalue weighted by Gasteiger charge is -2.05. The second kappa shape index (κ2) is 4.26. The summed E-state index contributed by atoms with van der Waals surface area (Å²) in [5.41, 5.74) is 0.708. The highest BCUT2D eigenvalue weighted by molar-refractivity contribution is 6.17. The summed E-state index contributed by atoms with van der Waals surface area (Å²) in [6.07, 6.45) is 0. The third-order valence-electron chi connectivity index (χ3n) is 1.33. The first-order chi connectivity index (χ1) is 5.77. The van der Waals surface area contributed by atoms with Crippen LogP contribution in [0.4, 0.5) is 4.39 Å². The zero-order chi connectivity index (χ0) is 8.97. The molecule has 0 saturated carbocycles. The second-order valence-electron chi connectivity index (χ2n) is 2.16. The maximum Gasteiger partial charge on any atom is 0.220 e. The summed E-state index contributed by atoms with van der Waals surface area (Å²) in [7, 11) is 0. The van der Waals surface area contributed by atoms with Crippen LogP contribution in [0.25, 0.3) is 0 Å². The maximum absolute atomic E-state index is 12.6. The molecule has 2 nitrogen and oxygen atoms in total. The second-order valence-corrected chi connectivity index (χ2v) is 2.43. The molecule has 1 heterocycles. The van der Waals surface area contributed by atoms with Gasteiger partial charge in [-0.1, -0.05) is 0 Å². The van der Waals surface area contributed by atoms with Gasteiger partial charge in [-0.25, -0.2) is 0 Å². The van der Waals surface area contributed by atoms with Crippen molar-refractivity contribution in [2.75, 3.05) is 6.61 Å². The number of aromatic nitrogens is 1. The molecular weight excluding hydrogens is 181 g/mol. The van der Waals surface area contributed by atoms with Crippen molar-refractivity contribution in [3.63, 3.8) is 0 Å². The van der Waals surface area contributed by atoms with Gasteiger partial charge < -0.3 is 4.74 Å². The van der Waals surface area contributed by atoms with Crippen molar-refractivity contribution in [1.82, 2.24) is 4.98 Å². The molecule has 0 saturated heterocycles. The van der Waals surface area contributed by atoms with E-state index in [0.717, 1.165) is 0 Å². The number of hydrogen-bond donors (Lipinski definition) is 0. The lowest BCUT2D eigenvalue weighted by Crippen LogP contribution is -1.99. The van der Waals surface area contributed by atoms with Crippen LogP contribution in [0.3, 0.4) is 0 Å². The van der Waals surface area contributed by atoms with Gasteiger partial charge in [0.05, 0.1) is 12.5 Å². The Labute approximate surface area is 75.3 Å². The molecule has 0 bridgehead atoms. The Morgan fingerprint density at radius 3 is 2.92 bits per heavy atom. The fraction of sp³-hybridized carbons (Fsp3) is 0.375. The SMILES string of the molecule is CCOc1nc(F)ccc1CCl. The summed E-state index contributed by atoms with van der Waals surface area (Å²) in [4.78, 5) is 3.56. The molecule has 0 aliphatic rings. The molecule has 0 spiro atoms. The molecule has 12 heavy (non-hydrogen) atoms. The number of alkyl halides is 1. The van der Waals surface area contributed by atoms with E-state index in [1.54, 1.807) is 6.07 Å². The summed E-state index contributed by atoms with van der Waals surface area (Å²) in [6, 6.07) is 2.83. The minimum Gasteiger partial charge on any atom is -0.478 e. The van der Waals surface area contributed by atoms with Gasteiger partial charge in [0.2, 0.25) is 11.8 Å². The number of nitrogens with zero attached hydrogens (tertiary/aromatic N) is 1. The van der Waals surface area contributed by atoms with E-state index >= 15 is 0 Å². The summed E-state index contributed by atoms with van der Waals surface area (Å²) in [6.45, 7) is 2.27. The van der Waals surface area contributed by atoms with Crippen LogP contribution in [0.15, 0.2) is 12.1 Å². The normalized spacial score (nSPS) is 9.92. The van der Waals surface area contributed by atoms with Crippen LogP contribution in [0.5, 0.6) is 5.88 Å². The summed E-state index contributed by atoms with van der Waals surface area (Å²) in [5.74, 6) is 0.0163. The molecule has 1 aromatic rings. The van der Waals surface area contributed by atoms with Gasteiger partial charge in [-0.3, -0.25) is 0 Å². The third-order valence-corrected chi connectivity index (χ3v) is 1.62. The number of rotatable bonds is 3.